The Labute approximate surface area is 184 Å². The summed E-state index contributed by atoms with van der Waals surface area (Å²) < 4.78 is 11.1. The van der Waals surface area contributed by atoms with E-state index in [9.17, 15) is 24.9 Å². The number of carbonyl (C=O) groups is 2. The predicted molar refractivity (Wildman–Crippen MR) is 116 cm³/mol. The number of carbonyl (C=O) groups excluding carboxylic acids is 2. The zero-order valence-corrected chi connectivity index (χ0v) is 19.2. The number of ether oxygens (including phenoxy) is 2. The predicted octanol–water partition coefficient (Wildman–Crippen LogP) is 2.30. The van der Waals surface area contributed by atoms with Gasteiger partial charge in [0.2, 0.25) is 0 Å². The number of aliphatic hydroxyl groups excluding tert-OH is 2. The average Bonchev–Trinajstić information content (AvgIpc) is 2.90. The Hall–Kier alpha value is -1.96. The van der Waals surface area contributed by atoms with E-state index in [1.54, 1.807) is 32.1 Å². The van der Waals surface area contributed by atoms with Gasteiger partial charge in [0.1, 0.15) is 6.10 Å². The summed E-state index contributed by atoms with van der Waals surface area (Å²) in [5, 5.41) is 33.0. The molecule has 174 valence electrons. The molecule has 1 fully saturated rings. The second kappa shape index (κ2) is 9.67. The van der Waals surface area contributed by atoms with Crippen molar-refractivity contribution in [1.82, 2.24) is 0 Å². The van der Waals surface area contributed by atoms with Gasteiger partial charge in [0.15, 0.2) is 6.10 Å². The smallest absolute Gasteiger partial charge is 0.303 e. The molecular weight excluding hydrogens is 400 g/mol. The molecule has 0 radical (unpaired) electrons. The fourth-order valence-corrected chi connectivity index (χ4v) is 4.99. The van der Waals surface area contributed by atoms with Crippen molar-refractivity contribution in [2.75, 3.05) is 0 Å². The van der Waals surface area contributed by atoms with E-state index in [1.807, 2.05) is 13.8 Å². The zero-order valence-electron chi connectivity index (χ0n) is 19.2. The summed E-state index contributed by atoms with van der Waals surface area (Å²) in [5.74, 6) is -3.09. The number of hydrogen-bond donors (Lipinski definition) is 3. The van der Waals surface area contributed by atoms with Gasteiger partial charge in [-0.05, 0) is 44.8 Å². The molecule has 7 nitrogen and oxygen atoms in total. The molecule has 0 saturated heterocycles. The highest BCUT2D eigenvalue weighted by atomic mass is 16.6. The topological polar surface area (TPSA) is 113 Å². The lowest BCUT2D eigenvalue weighted by Gasteiger charge is -2.40. The largest absolute Gasteiger partial charge is 0.458 e. The van der Waals surface area contributed by atoms with Crippen molar-refractivity contribution in [3.05, 3.63) is 36.0 Å². The van der Waals surface area contributed by atoms with Crippen molar-refractivity contribution in [3.63, 3.8) is 0 Å². The molecule has 7 heteroatoms. The van der Waals surface area contributed by atoms with Crippen molar-refractivity contribution < 1.29 is 34.4 Å². The summed E-state index contributed by atoms with van der Waals surface area (Å²) in [6, 6.07) is 0. The molecule has 9 unspecified atom stereocenters. The standard InChI is InChI=1S/C24H36O7/c1-12(2)10-20(30-15(5)25)23(31-16(6)26)14(4)18-11-19(27)13(3)17-8-9-24(7,29)21(17)22(18)28/h8-10,14,17-23,27-29H,3,11H2,1-2,4-7H3. The van der Waals surface area contributed by atoms with Crippen molar-refractivity contribution in [3.8, 4) is 0 Å². The van der Waals surface area contributed by atoms with Gasteiger partial charge in [0.25, 0.3) is 0 Å². The van der Waals surface area contributed by atoms with Crippen LogP contribution in [0.4, 0.5) is 0 Å². The Morgan fingerprint density at radius 3 is 2.29 bits per heavy atom. The second-order valence-corrected chi connectivity index (χ2v) is 9.37. The molecule has 2 aliphatic rings. The maximum Gasteiger partial charge on any atom is 0.303 e. The van der Waals surface area contributed by atoms with Crippen molar-refractivity contribution in [2.24, 2.45) is 23.7 Å². The molecule has 0 aliphatic heterocycles. The summed E-state index contributed by atoms with van der Waals surface area (Å²) in [6.07, 6.45) is 1.65. The molecule has 0 aromatic heterocycles. The number of esters is 2. The van der Waals surface area contributed by atoms with Crippen LogP contribution in [0, 0.1) is 23.7 Å². The van der Waals surface area contributed by atoms with Crippen LogP contribution in [0.25, 0.3) is 0 Å². The van der Waals surface area contributed by atoms with Crippen molar-refractivity contribution >= 4 is 11.9 Å². The van der Waals surface area contributed by atoms with Gasteiger partial charge in [-0.15, -0.1) is 0 Å². The third kappa shape index (κ3) is 5.64. The highest BCUT2D eigenvalue weighted by Crippen LogP contribution is 2.48. The van der Waals surface area contributed by atoms with Gasteiger partial charge in [0, 0.05) is 31.6 Å². The van der Waals surface area contributed by atoms with Crippen LogP contribution in [0.2, 0.25) is 0 Å². The summed E-state index contributed by atoms with van der Waals surface area (Å²) >= 11 is 0. The molecule has 0 bridgehead atoms. The summed E-state index contributed by atoms with van der Waals surface area (Å²) in [7, 11) is 0. The molecule has 0 aromatic rings. The Morgan fingerprint density at radius 2 is 1.77 bits per heavy atom. The lowest BCUT2D eigenvalue weighted by molar-refractivity contribution is -0.170. The summed E-state index contributed by atoms with van der Waals surface area (Å²) in [5.41, 5.74) is 0.132. The van der Waals surface area contributed by atoms with Gasteiger partial charge in [-0.1, -0.05) is 31.2 Å². The van der Waals surface area contributed by atoms with Crippen LogP contribution in [0.1, 0.15) is 48.0 Å². The molecule has 9 atom stereocenters. The molecule has 0 amide bonds. The molecule has 1 saturated carbocycles. The van der Waals surface area contributed by atoms with Crippen LogP contribution in [0.15, 0.2) is 36.0 Å². The number of rotatable bonds is 6. The molecule has 2 rings (SSSR count). The Bertz CT molecular complexity index is 762. The number of hydrogen-bond acceptors (Lipinski definition) is 7. The van der Waals surface area contributed by atoms with Gasteiger partial charge in [-0.3, -0.25) is 9.59 Å². The van der Waals surface area contributed by atoms with Crippen molar-refractivity contribution in [1.29, 1.82) is 0 Å². The minimum atomic E-state index is -1.28. The van der Waals surface area contributed by atoms with Gasteiger partial charge in [0.05, 0.1) is 17.8 Å². The molecular formula is C24H36O7. The maximum absolute atomic E-state index is 11.9. The minimum absolute atomic E-state index is 0.178. The van der Waals surface area contributed by atoms with E-state index in [1.165, 1.54) is 13.8 Å². The summed E-state index contributed by atoms with van der Waals surface area (Å²) in [4.78, 5) is 23.6. The Balaban J connectivity index is 2.47. The fourth-order valence-electron chi connectivity index (χ4n) is 4.99. The molecule has 3 N–H and O–H groups in total. The number of aliphatic hydroxyl groups is 3. The zero-order chi connectivity index (χ0) is 23.7. The fraction of sp³-hybridized carbons (Fsp3) is 0.667. The first-order valence-electron chi connectivity index (χ1n) is 10.7. The van der Waals surface area contributed by atoms with Crippen LogP contribution < -0.4 is 0 Å². The normalized spacial score (nSPS) is 35.4. The van der Waals surface area contributed by atoms with E-state index in [-0.39, 0.29) is 12.3 Å². The maximum atomic E-state index is 11.9. The van der Waals surface area contributed by atoms with Gasteiger partial charge < -0.3 is 24.8 Å². The van der Waals surface area contributed by atoms with Crippen LogP contribution in [0.3, 0.4) is 0 Å². The second-order valence-electron chi connectivity index (χ2n) is 9.37. The summed E-state index contributed by atoms with van der Waals surface area (Å²) in [6.45, 7) is 13.7. The van der Waals surface area contributed by atoms with Gasteiger partial charge >= 0.3 is 11.9 Å². The first kappa shape index (κ1) is 25.3. The van der Waals surface area contributed by atoms with E-state index >= 15 is 0 Å². The first-order valence-corrected chi connectivity index (χ1v) is 10.7. The van der Waals surface area contributed by atoms with Crippen molar-refractivity contribution in [2.45, 2.75) is 78.0 Å². The average molecular weight is 437 g/mol. The van der Waals surface area contributed by atoms with E-state index in [2.05, 4.69) is 6.58 Å². The quantitative estimate of drug-likeness (QED) is 0.432. The van der Waals surface area contributed by atoms with E-state index in [0.29, 0.717) is 5.57 Å². The van der Waals surface area contributed by atoms with Gasteiger partial charge in [-0.25, -0.2) is 0 Å². The molecule has 0 spiro atoms. The van der Waals surface area contributed by atoms with Crippen LogP contribution >= 0.6 is 0 Å². The SMILES string of the molecule is C=C1C(O)CC(C(C)C(OC(C)=O)C(C=C(C)C)OC(C)=O)C(O)C2C1C=CC2(C)O. The monoisotopic (exact) mass is 436 g/mol. The molecule has 0 heterocycles. The van der Waals surface area contributed by atoms with Crippen LogP contribution in [-0.4, -0.2) is 57.3 Å². The lowest BCUT2D eigenvalue weighted by Crippen LogP contribution is -2.49. The Kier molecular flexibility index (Phi) is 7.89. The third-order valence-corrected chi connectivity index (χ3v) is 6.48. The van der Waals surface area contributed by atoms with E-state index in [0.717, 1.165) is 5.57 Å². The minimum Gasteiger partial charge on any atom is -0.458 e. The van der Waals surface area contributed by atoms with Gasteiger partial charge in [-0.2, -0.15) is 0 Å². The first-order chi connectivity index (χ1) is 14.3. The number of allylic oxidation sites excluding steroid dienone is 2. The van der Waals surface area contributed by atoms with Crippen LogP contribution in [-0.2, 0) is 19.1 Å². The Morgan fingerprint density at radius 1 is 1.19 bits per heavy atom. The molecule has 2 aliphatic carbocycles. The molecule has 31 heavy (non-hydrogen) atoms. The van der Waals surface area contributed by atoms with Crippen LogP contribution in [0.5, 0.6) is 0 Å². The third-order valence-electron chi connectivity index (χ3n) is 6.48. The highest BCUT2D eigenvalue weighted by Gasteiger charge is 2.53. The molecule has 0 aromatic carbocycles. The number of fused-ring (bicyclic) bond motifs is 1. The highest BCUT2D eigenvalue weighted by molar-refractivity contribution is 5.67. The van der Waals surface area contributed by atoms with E-state index in [4.69, 9.17) is 9.47 Å². The van der Waals surface area contributed by atoms with E-state index < -0.39 is 59.7 Å². The lowest BCUT2D eigenvalue weighted by atomic mass is 9.72.